The van der Waals surface area contributed by atoms with E-state index in [2.05, 4.69) is 20.6 Å². The number of methoxy groups -OCH3 is 1. The lowest BCUT2D eigenvalue weighted by Gasteiger charge is -2.12. The van der Waals surface area contributed by atoms with Crippen LogP contribution in [0.3, 0.4) is 0 Å². The molecule has 0 radical (unpaired) electrons. The van der Waals surface area contributed by atoms with Gasteiger partial charge in [-0.15, -0.1) is 0 Å². The first kappa shape index (κ1) is 19.4. The molecule has 1 amide bonds. The smallest absolute Gasteiger partial charge is 0.274 e. The van der Waals surface area contributed by atoms with Crippen LogP contribution in [0.5, 0.6) is 5.75 Å². The van der Waals surface area contributed by atoms with Crippen molar-refractivity contribution in [2.24, 2.45) is 0 Å². The molecule has 0 aliphatic carbocycles. The monoisotopic (exact) mass is 376 g/mol. The van der Waals surface area contributed by atoms with Gasteiger partial charge in [0.15, 0.2) is 0 Å². The molecule has 144 valence electrons. The fourth-order valence-corrected chi connectivity index (χ4v) is 2.90. The minimum absolute atomic E-state index is 0.254. The molecule has 0 aliphatic heterocycles. The van der Waals surface area contributed by atoms with Crippen molar-refractivity contribution in [1.82, 2.24) is 9.97 Å². The Hall–Kier alpha value is -3.41. The zero-order valence-electron chi connectivity index (χ0n) is 16.5. The molecule has 0 fully saturated rings. The highest BCUT2D eigenvalue weighted by Gasteiger charge is 2.13. The fourth-order valence-electron chi connectivity index (χ4n) is 2.90. The number of para-hydroxylation sites is 1. The molecule has 2 aromatic carbocycles. The van der Waals surface area contributed by atoms with Crippen LogP contribution in [0.2, 0.25) is 0 Å². The first-order chi connectivity index (χ1) is 13.5. The maximum Gasteiger partial charge on any atom is 0.274 e. The Morgan fingerprint density at radius 2 is 1.68 bits per heavy atom. The van der Waals surface area contributed by atoms with Gasteiger partial charge in [0.25, 0.3) is 5.91 Å². The van der Waals surface area contributed by atoms with Gasteiger partial charge >= 0.3 is 0 Å². The molecule has 0 unspecified atom stereocenters. The second-order valence-electron chi connectivity index (χ2n) is 6.61. The molecular formula is C22H24N4O2. The van der Waals surface area contributed by atoms with Crippen LogP contribution in [-0.4, -0.2) is 23.0 Å². The second-order valence-corrected chi connectivity index (χ2v) is 6.61. The standard InChI is InChI=1S/C22H24N4O2/c1-14-6-5-7-15(2)21(14)26-22(27)19-12-20(25-16(3)24-19)23-13-17-8-10-18(28-4)11-9-17/h5-12H,13H2,1-4H3,(H,26,27)(H,23,24,25). The van der Waals surface area contributed by atoms with Gasteiger partial charge in [0, 0.05) is 18.3 Å². The lowest BCUT2D eigenvalue weighted by atomic mass is 10.1. The number of hydrogen-bond donors (Lipinski definition) is 2. The summed E-state index contributed by atoms with van der Waals surface area (Å²) in [6, 6.07) is 15.3. The lowest BCUT2D eigenvalue weighted by molar-refractivity contribution is 0.102. The van der Waals surface area contributed by atoms with Gasteiger partial charge < -0.3 is 15.4 Å². The third kappa shape index (κ3) is 4.65. The van der Waals surface area contributed by atoms with Crippen LogP contribution < -0.4 is 15.4 Å². The molecule has 0 spiro atoms. The van der Waals surface area contributed by atoms with Crippen LogP contribution in [0, 0.1) is 20.8 Å². The first-order valence-corrected chi connectivity index (χ1v) is 9.06. The van der Waals surface area contributed by atoms with E-state index in [0.29, 0.717) is 23.9 Å². The van der Waals surface area contributed by atoms with Gasteiger partial charge in [0.05, 0.1) is 7.11 Å². The average Bonchev–Trinajstić information content (AvgIpc) is 2.69. The third-order valence-electron chi connectivity index (χ3n) is 4.42. The summed E-state index contributed by atoms with van der Waals surface area (Å²) in [5, 5.41) is 6.21. The predicted octanol–water partition coefficient (Wildman–Crippen LogP) is 4.27. The van der Waals surface area contributed by atoms with E-state index in [1.165, 1.54) is 0 Å². The quantitative estimate of drug-likeness (QED) is 0.672. The van der Waals surface area contributed by atoms with Gasteiger partial charge in [0.1, 0.15) is 23.1 Å². The Kier molecular flexibility index (Phi) is 5.89. The summed E-state index contributed by atoms with van der Waals surface area (Å²) in [4.78, 5) is 21.4. The van der Waals surface area contributed by atoms with Crippen molar-refractivity contribution in [3.05, 3.63) is 76.7 Å². The Balaban J connectivity index is 1.74. The number of nitrogens with zero attached hydrogens (tertiary/aromatic N) is 2. The Labute approximate surface area is 165 Å². The van der Waals surface area contributed by atoms with Gasteiger partial charge in [-0.3, -0.25) is 4.79 Å². The molecule has 0 bridgehead atoms. The minimum Gasteiger partial charge on any atom is -0.497 e. The summed E-state index contributed by atoms with van der Waals surface area (Å²) in [6.07, 6.45) is 0. The summed E-state index contributed by atoms with van der Waals surface area (Å²) in [7, 11) is 1.64. The van der Waals surface area contributed by atoms with E-state index in [1.807, 2.05) is 56.3 Å². The van der Waals surface area contributed by atoms with Crippen molar-refractivity contribution in [1.29, 1.82) is 0 Å². The second kappa shape index (κ2) is 8.52. The minimum atomic E-state index is -0.254. The van der Waals surface area contributed by atoms with Gasteiger partial charge in [0.2, 0.25) is 0 Å². The van der Waals surface area contributed by atoms with E-state index in [-0.39, 0.29) is 5.91 Å². The number of carbonyl (C=O) groups excluding carboxylic acids is 1. The van der Waals surface area contributed by atoms with Crippen molar-refractivity contribution in [2.45, 2.75) is 27.3 Å². The zero-order valence-corrected chi connectivity index (χ0v) is 16.5. The number of amides is 1. The van der Waals surface area contributed by atoms with Crippen LogP contribution in [0.15, 0.2) is 48.5 Å². The molecule has 0 saturated carbocycles. The van der Waals surface area contributed by atoms with E-state index in [0.717, 1.165) is 28.1 Å². The molecule has 0 saturated heterocycles. The molecule has 0 atom stereocenters. The summed E-state index contributed by atoms with van der Waals surface area (Å²) in [5.74, 6) is 1.70. The number of anilines is 2. The highest BCUT2D eigenvalue weighted by Crippen LogP contribution is 2.20. The van der Waals surface area contributed by atoms with Gasteiger partial charge in [-0.2, -0.15) is 0 Å². The molecular weight excluding hydrogens is 352 g/mol. The highest BCUT2D eigenvalue weighted by atomic mass is 16.5. The lowest BCUT2D eigenvalue weighted by Crippen LogP contribution is -2.17. The number of aryl methyl sites for hydroxylation is 3. The molecule has 28 heavy (non-hydrogen) atoms. The van der Waals surface area contributed by atoms with Crippen molar-refractivity contribution in [3.63, 3.8) is 0 Å². The summed E-state index contributed by atoms with van der Waals surface area (Å²) < 4.78 is 5.17. The van der Waals surface area contributed by atoms with Gasteiger partial charge in [-0.05, 0) is 49.6 Å². The number of ether oxygens (including phenoxy) is 1. The molecule has 3 aromatic rings. The average molecular weight is 376 g/mol. The number of hydrogen-bond acceptors (Lipinski definition) is 5. The topological polar surface area (TPSA) is 76.1 Å². The number of benzene rings is 2. The fraction of sp³-hybridized carbons (Fsp3) is 0.227. The van der Waals surface area contributed by atoms with Gasteiger partial charge in [-0.1, -0.05) is 30.3 Å². The highest BCUT2D eigenvalue weighted by molar-refractivity contribution is 6.04. The van der Waals surface area contributed by atoms with Crippen LogP contribution in [0.4, 0.5) is 11.5 Å². The Bertz CT molecular complexity index is 964. The molecule has 6 heteroatoms. The molecule has 6 nitrogen and oxygen atoms in total. The van der Waals surface area contributed by atoms with E-state index in [4.69, 9.17) is 4.74 Å². The van der Waals surface area contributed by atoms with Crippen LogP contribution in [-0.2, 0) is 6.54 Å². The summed E-state index contributed by atoms with van der Waals surface area (Å²) in [5.41, 5.74) is 4.25. The maximum atomic E-state index is 12.7. The summed E-state index contributed by atoms with van der Waals surface area (Å²) >= 11 is 0. The first-order valence-electron chi connectivity index (χ1n) is 9.06. The normalized spacial score (nSPS) is 10.4. The van der Waals surface area contributed by atoms with E-state index >= 15 is 0 Å². The Morgan fingerprint density at radius 1 is 1.00 bits per heavy atom. The zero-order chi connectivity index (χ0) is 20.1. The number of rotatable bonds is 6. The molecule has 1 heterocycles. The number of carbonyl (C=O) groups is 1. The van der Waals surface area contributed by atoms with Crippen LogP contribution >= 0.6 is 0 Å². The molecule has 0 aliphatic rings. The van der Waals surface area contributed by atoms with E-state index in [1.54, 1.807) is 20.1 Å². The number of nitrogens with one attached hydrogen (secondary N) is 2. The maximum absolute atomic E-state index is 12.7. The Morgan fingerprint density at radius 3 is 2.32 bits per heavy atom. The van der Waals surface area contributed by atoms with Crippen molar-refractivity contribution in [3.8, 4) is 5.75 Å². The molecule has 3 rings (SSSR count). The largest absolute Gasteiger partial charge is 0.497 e. The number of aromatic nitrogens is 2. The van der Waals surface area contributed by atoms with Crippen molar-refractivity contribution in [2.75, 3.05) is 17.7 Å². The van der Waals surface area contributed by atoms with Crippen molar-refractivity contribution < 1.29 is 9.53 Å². The predicted molar refractivity (Wildman–Crippen MR) is 111 cm³/mol. The SMILES string of the molecule is COc1ccc(CNc2cc(C(=O)Nc3c(C)cccc3C)nc(C)n2)cc1. The van der Waals surface area contributed by atoms with E-state index in [9.17, 15) is 4.79 Å². The van der Waals surface area contributed by atoms with Crippen LogP contribution in [0.1, 0.15) is 33.0 Å². The third-order valence-corrected chi connectivity index (χ3v) is 4.42. The van der Waals surface area contributed by atoms with Crippen molar-refractivity contribution >= 4 is 17.4 Å². The van der Waals surface area contributed by atoms with Gasteiger partial charge in [-0.25, -0.2) is 9.97 Å². The summed E-state index contributed by atoms with van der Waals surface area (Å²) in [6.45, 7) is 6.29. The molecule has 1 aromatic heterocycles. The van der Waals surface area contributed by atoms with Crippen LogP contribution in [0.25, 0.3) is 0 Å². The molecule has 2 N–H and O–H groups in total. The van der Waals surface area contributed by atoms with E-state index < -0.39 is 0 Å².